The second kappa shape index (κ2) is 7.19. The molecule has 9 heteroatoms. The maximum absolute atomic E-state index is 12.3. The molecule has 0 radical (unpaired) electrons. The van der Waals surface area contributed by atoms with Gasteiger partial charge in [-0.15, -0.1) is 0 Å². The molecule has 0 saturated heterocycles. The molecule has 0 spiro atoms. The van der Waals surface area contributed by atoms with E-state index >= 15 is 0 Å². The molecule has 1 rings (SSSR count). The molecule has 0 fully saturated rings. The lowest BCUT2D eigenvalue weighted by Gasteiger charge is -2.20. The third-order valence-corrected chi connectivity index (χ3v) is 4.77. The van der Waals surface area contributed by atoms with E-state index in [0.717, 1.165) is 4.31 Å². The molecule has 1 amide bonds. The second-order valence-corrected chi connectivity index (χ2v) is 6.90. The van der Waals surface area contributed by atoms with Gasteiger partial charge in [-0.25, -0.2) is 8.42 Å². The Bertz CT molecular complexity index is 620. The number of likely N-dealkylation sites (N-methyl/N-ethyl adjacent to an activating group) is 1. The van der Waals surface area contributed by atoms with E-state index in [1.54, 1.807) is 0 Å². The summed E-state index contributed by atoms with van der Waals surface area (Å²) in [6, 6.07) is 3.89. The van der Waals surface area contributed by atoms with Crippen molar-refractivity contribution in [3.63, 3.8) is 0 Å². The molecule has 0 saturated carbocycles. The topological polar surface area (TPSA) is 107 Å². The maximum Gasteiger partial charge on any atom is 0.242 e. The van der Waals surface area contributed by atoms with Crippen LogP contribution in [-0.2, 0) is 14.8 Å². The van der Waals surface area contributed by atoms with E-state index in [9.17, 15) is 18.3 Å². The van der Waals surface area contributed by atoms with Gasteiger partial charge in [-0.1, -0.05) is 11.6 Å². The average Bonchev–Trinajstić information content (AvgIpc) is 2.40. The number of anilines is 1. The molecule has 118 valence electrons. The molecule has 3 N–H and O–H groups in total. The first-order chi connectivity index (χ1) is 9.68. The number of hydrogen-bond donors (Lipinski definition) is 3. The molecule has 0 aliphatic heterocycles. The van der Waals surface area contributed by atoms with Crippen molar-refractivity contribution in [3.05, 3.63) is 23.2 Å². The van der Waals surface area contributed by atoms with Gasteiger partial charge in [-0.2, -0.15) is 4.31 Å². The van der Waals surface area contributed by atoms with Crippen LogP contribution in [0.4, 0.5) is 5.69 Å². The Kier molecular flexibility index (Phi) is 6.11. The molecule has 21 heavy (non-hydrogen) atoms. The van der Waals surface area contributed by atoms with Gasteiger partial charge in [-0.3, -0.25) is 4.79 Å². The molecular weight excluding hydrogens is 320 g/mol. The summed E-state index contributed by atoms with van der Waals surface area (Å²) in [4.78, 5) is 10.9. The normalized spacial score (nSPS) is 13.2. The fourth-order valence-electron chi connectivity index (χ4n) is 1.58. The standard InChI is InChI=1S/C12H17ClN2O5S/c1-8(17)14-12-4-3-10(5-11(12)13)21(19,20)15(2)6-9(18)7-16/h3-5,9,16,18H,6-7H2,1-2H3,(H,14,17). The molecule has 0 aromatic heterocycles. The van der Waals surface area contributed by atoms with E-state index < -0.39 is 22.7 Å². The summed E-state index contributed by atoms with van der Waals surface area (Å²) in [7, 11) is -2.57. The van der Waals surface area contributed by atoms with Crippen molar-refractivity contribution in [1.82, 2.24) is 4.31 Å². The number of aliphatic hydroxyl groups excluding tert-OH is 2. The molecular formula is C12H17ClN2O5S. The summed E-state index contributed by atoms with van der Waals surface area (Å²) < 4.78 is 25.4. The van der Waals surface area contributed by atoms with E-state index in [2.05, 4.69) is 5.32 Å². The van der Waals surface area contributed by atoms with Crippen molar-refractivity contribution >= 4 is 33.2 Å². The lowest BCUT2D eigenvalue weighted by molar-refractivity contribution is -0.114. The summed E-state index contributed by atoms with van der Waals surface area (Å²) in [5.74, 6) is -0.323. The maximum atomic E-state index is 12.3. The summed E-state index contributed by atoms with van der Waals surface area (Å²) in [6.07, 6.45) is -1.17. The van der Waals surface area contributed by atoms with Gasteiger partial charge in [0, 0.05) is 20.5 Å². The number of rotatable bonds is 6. The smallest absolute Gasteiger partial charge is 0.242 e. The van der Waals surface area contributed by atoms with Gasteiger partial charge < -0.3 is 15.5 Å². The van der Waals surface area contributed by atoms with Gasteiger partial charge in [0.25, 0.3) is 0 Å². The molecule has 0 aliphatic rings. The van der Waals surface area contributed by atoms with Crippen LogP contribution >= 0.6 is 11.6 Å². The van der Waals surface area contributed by atoms with E-state index in [1.807, 2.05) is 0 Å². The Morgan fingerprint density at radius 2 is 2.10 bits per heavy atom. The molecule has 1 unspecified atom stereocenters. The number of nitrogens with zero attached hydrogens (tertiary/aromatic N) is 1. The van der Waals surface area contributed by atoms with Gasteiger partial charge in [0.05, 0.1) is 28.3 Å². The second-order valence-electron chi connectivity index (χ2n) is 4.44. The highest BCUT2D eigenvalue weighted by molar-refractivity contribution is 7.89. The summed E-state index contributed by atoms with van der Waals surface area (Å²) in [5, 5.41) is 20.6. The highest BCUT2D eigenvalue weighted by Gasteiger charge is 2.23. The SMILES string of the molecule is CC(=O)Nc1ccc(S(=O)(=O)N(C)CC(O)CO)cc1Cl. The van der Waals surface area contributed by atoms with Gasteiger partial charge in [-0.05, 0) is 18.2 Å². The van der Waals surface area contributed by atoms with Crippen molar-refractivity contribution in [2.45, 2.75) is 17.9 Å². The fourth-order valence-corrected chi connectivity index (χ4v) is 3.11. The summed E-state index contributed by atoms with van der Waals surface area (Å²) in [5.41, 5.74) is 0.307. The van der Waals surface area contributed by atoms with Crippen LogP contribution in [0.15, 0.2) is 23.1 Å². The monoisotopic (exact) mass is 336 g/mol. The van der Waals surface area contributed by atoms with Crippen LogP contribution in [0.25, 0.3) is 0 Å². The number of carbonyl (C=O) groups excluding carboxylic acids is 1. The van der Waals surface area contributed by atoms with Gasteiger partial charge >= 0.3 is 0 Å². The lowest BCUT2D eigenvalue weighted by atomic mass is 10.3. The number of carbonyl (C=O) groups is 1. The lowest BCUT2D eigenvalue weighted by Crippen LogP contribution is -2.35. The van der Waals surface area contributed by atoms with Crippen LogP contribution in [0.3, 0.4) is 0 Å². The number of sulfonamides is 1. The van der Waals surface area contributed by atoms with Crippen LogP contribution in [0.2, 0.25) is 5.02 Å². The van der Waals surface area contributed by atoms with Crippen LogP contribution in [0.5, 0.6) is 0 Å². The Morgan fingerprint density at radius 3 is 2.57 bits per heavy atom. The molecule has 1 atom stereocenters. The molecule has 7 nitrogen and oxygen atoms in total. The minimum atomic E-state index is -3.85. The van der Waals surface area contributed by atoms with Crippen LogP contribution < -0.4 is 5.32 Å². The van der Waals surface area contributed by atoms with Crippen LogP contribution in [0.1, 0.15) is 6.92 Å². The average molecular weight is 337 g/mol. The Morgan fingerprint density at radius 1 is 1.48 bits per heavy atom. The van der Waals surface area contributed by atoms with Crippen LogP contribution in [-0.4, -0.2) is 55.1 Å². The summed E-state index contributed by atoms with van der Waals surface area (Å²) >= 11 is 5.93. The molecule has 0 heterocycles. The largest absolute Gasteiger partial charge is 0.394 e. The zero-order valence-corrected chi connectivity index (χ0v) is 13.1. The Labute approximate surface area is 128 Å². The quantitative estimate of drug-likeness (QED) is 0.691. The molecule has 0 bridgehead atoms. The molecule has 0 aliphatic carbocycles. The Balaban J connectivity index is 3.04. The fraction of sp³-hybridized carbons (Fsp3) is 0.417. The molecule has 1 aromatic carbocycles. The predicted octanol–water partition coefficient (Wildman–Crippen LogP) is 0.272. The van der Waals surface area contributed by atoms with E-state index in [1.165, 1.54) is 32.2 Å². The van der Waals surface area contributed by atoms with Crippen molar-refractivity contribution in [1.29, 1.82) is 0 Å². The highest BCUT2D eigenvalue weighted by atomic mass is 35.5. The molecule has 1 aromatic rings. The van der Waals surface area contributed by atoms with Gasteiger partial charge in [0.1, 0.15) is 0 Å². The number of nitrogens with one attached hydrogen (secondary N) is 1. The summed E-state index contributed by atoms with van der Waals surface area (Å²) in [6.45, 7) is 0.525. The van der Waals surface area contributed by atoms with Crippen molar-refractivity contribution in [2.75, 3.05) is 25.5 Å². The number of aliphatic hydroxyl groups is 2. The van der Waals surface area contributed by atoms with Crippen molar-refractivity contribution < 1.29 is 23.4 Å². The van der Waals surface area contributed by atoms with Gasteiger partial charge in [0.15, 0.2) is 0 Å². The van der Waals surface area contributed by atoms with Crippen molar-refractivity contribution in [2.24, 2.45) is 0 Å². The zero-order chi connectivity index (χ0) is 16.2. The third-order valence-electron chi connectivity index (χ3n) is 2.64. The Hall–Kier alpha value is -1.19. The zero-order valence-electron chi connectivity index (χ0n) is 11.6. The first-order valence-corrected chi connectivity index (χ1v) is 7.82. The number of halogens is 1. The highest BCUT2D eigenvalue weighted by Crippen LogP contribution is 2.26. The minimum Gasteiger partial charge on any atom is -0.394 e. The minimum absolute atomic E-state index is 0.0748. The first kappa shape index (κ1) is 17.9. The first-order valence-electron chi connectivity index (χ1n) is 6.01. The van der Waals surface area contributed by atoms with Crippen molar-refractivity contribution in [3.8, 4) is 0 Å². The number of hydrogen-bond acceptors (Lipinski definition) is 5. The van der Waals surface area contributed by atoms with E-state index in [0.29, 0.717) is 5.69 Å². The van der Waals surface area contributed by atoms with Gasteiger partial charge in [0.2, 0.25) is 15.9 Å². The van der Waals surface area contributed by atoms with E-state index in [-0.39, 0.29) is 22.4 Å². The van der Waals surface area contributed by atoms with Crippen LogP contribution in [0, 0.1) is 0 Å². The third kappa shape index (κ3) is 4.65. The number of amides is 1. The number of benzene rings is 1. The predicted molar refractivity (Wildman–Crippen MR) is 78.7 cm³/mol. The van der Waals surface area contributed by atoms with E-state index in [4.69, 9.17) is 16.7 Å².